The number of ether oxygens (including phenoxy) is 1. The number of piperidine rings is 1. The van der Waals surface area contributed by atoms with Gasteiger partial charge >= 0.3 is 0 Å². The second-order valence-electron chi connectivity index (χ2n) is 11.9. The number of aromatic nitrogens is 3. The number of rotatable bonds is 9. The SMILES string of the molecule is C=CC(=O)Nc1cc(Nc2cc(N3OCCC3c3ccc(C)nc3)ncn2)c(OC)cc1N1CCN(C2CCN(C)CC2)CC1. The van der Waals surface area contributed by atoms with Crippen molar-refractivity contribution in [3.05, 3.63) is 66.8 Å². The van der Waals surface area contributed by atoms with E-state index in [0.29, 0.717) is 41.4 Å². The van der Waals surface area contributed by atoms with Crippen molar-refractivity contribution < 1.29 is 14.4 Å². The number of hydroxylamine groups is 1. The fourth-order valence-corrected chi connectivity index (χ4v) is 6.42. The highest BCUT2D eigenvalue weighted by Gasteiger charge is 2.30. The quantitative estimate of drug-likeness (QED) is 0.340. The highest BCUT2D eigenvalue weighted by Crippen LogP contribution is 2.40. The summed E-state index contributed by atoms with van der Waals surface area (Å²) in [4.78, 5) is 39.3. The maximum absolute atomic E-state index is 12.5. The number of benzene rings is 1. The molecule has 238 valence electrons. The number of likely N-dealkylation sites (tertiary alicyclic amines) is 1. The number of nitrogens with zero attached hydrogens (tertiary/aromatic N) is 7. The Morgan fingerprint density at radius 1 is 1.02 bits per heavy atom. The number of amides is 1. The summed E-state index contributed by atoms with van der Waals surface area (Å²) in [6.07, 6.45) is 7.93. The highest BCUT2D eigenvalue weighted by atomic mass is 16.7. The largest absolute Gasteiger partial charge is 0.494 e. The third-order valence-corrected chi connectivity index (χ3v) is 8.99. The monoisotopic (exact) mass is 613 g/mol. The third-order valence-electron chi connectivity index (χ3n) is 8.99. The van der Waals surface area contributed by atoms with E-state index in [9.17, 15) is 4.79 Å². The van der Waals surface area contributed by atoms with Crippen molar-refractivity contribution in [2.75, 3.05) is 80.6 Å². The first kappa shape index (κ1) is 30.8. The Kier molecular flexibility index (Phi) is 9.43. The lowest BCUT2D eigenvalue weighted by molar-refractivity contribution is -0.111. The maximum Gasteiger partial charge on any atom is 0.247 e. The number of hydrogen-bond acceptors (Lipinski definition) is 11. The molecule has 2 aromatic heterocycles. The van der Waals surface area contributed by atoms with Crippen molar-refractivity contribution in [1.29, 1.82) is 0 Å². The summed E-state index contributed by atoms with van der Waals surface area (Å²) >= 11 is 0. The van der Waals surface area contributed by atoms with Crippen LogP contribution in [0, 0.1) is 6.92 Å². The van der Waals surface area contributed by atoms with Gasteiger partial charge in [0.15, 0.2) is 5.82 Å². The highest BCUT2D eigenvalue weighted by molar-refractivity contribution is 6.02. The van der Waals surface area contributed by atoms with Gasteiger partial charge in [0.1, 0.15) is 17.9 Å². The van der Waals surface area contributed by atoms with Crippen molar-refractivity contribution >= 4 is 34.6 Å². The van der Waals surface area contributed by atoms with Crippen LogP contribution in [0.25, 0.3) is 0 Å². The molecule has 0 saturated carbocycles. The van der Waals surface area contributed by atoms with E-state index in [4.69, 9.17) is 9.57 Å². The molecule has 6 rings (SSSR count). The molecule has 12 nitrogen and oxygen atoms in total. The molecule has 1 amide bonds. The maximum atomic E-state index is 12.5. The van der Waals surface area contributed by atoms with Crippen molar-refractivity contribution in [1.82, 2.24) is 24.8 Å². The van der Waals surface area contributed by atoms with Gasteiger partial charge in [-0.3, -0.25) is 19.5 Å². The standard InChI is InChI=1S/C33H43N9O3/c1-5-33(43)38-26-18-27(30(44-4)19-29(26)41-15-13-40(14-16-41)25-8-11-39(3)12-9-25)37-31-20-32(36-22-35-31)42-28(10-17-45-42)24-7-6-23(2)34-21-24/h5-7,18-22,25,28H,1,8-17H2,2-4H3,(H,38,43)(H,35,36,37). The molecule has 0 spiro atoms. The van der Waals surface area contributed by atoms with E-state index in [1.807, 2.05) is 42.4 Å². The number of pyridine rings is 1. The van der Waals surface area contributed by atoms with Gasteiger partial charge in [0.2, 0.25) is 5.91 Å². The lowest BCUT2D eigenvalue weighted by Crippen LogP contribution is -2.53. The van der Waals surface area contributed by atoms with Crippen LogP contribution in [-0.2, 0) is 9.63 Å². The molecule has 3 saturated heterocycles. The Bertz CT molecular complexity index is 1490. The number of methoxy groups -OCH3 is 1. The van der Waals surface area contributed by atoms with E-state index in [1.165, 1.54) is 25.2 Å². The normalized spacial score (nSPS) is 19.8. The predicted molar refractivity (Wildman–Crippen MR) is 176 cm³/mol. The van der Waals surface area contributed by atoms with Gasteiger partial charge in [0.05, 0.1) is 36.8 Å². The van der Waals surface area contributed by atoms with Gasteiger partial charge in [-0.15, -0.1) is 0 Å². The third kappa shape index (κ3) is 7.03. The van der Waals surface area contributed by atoms with Crippen LogP contribution < -0.4 is 25.3 Å². The topological polar surface area (TPSA) is 111 Å². The number of nitrogens with one attached hydrogen (secondary N) is 2. The summed E-state index contributed by atoms with van der Waals surface area (Å²) in [6.45, 7) is 12.2. The molecule has 0 aliphatic carbocycles. The Labute approximate surface area is 265 Å². The predicted octanol–water partition coefficient (Wildman–Crippen LogP) is 4.16. The average molecular weight is 614 g/mol. The first-order valence-corrected chi connectivity index (χ1v) is 15.7. The van der Waals surface area contributed by atoms with Crippen LogP contribution in [0.15, 0.2) is 55.5 Å². The molecular weight excluding hydrogens is 570 g/mol. The van der Waals surface area contributed by atoms with E-state index in [0.717, 1.165) is 62.6 Å². The minimum atomic E-state index is -0.274. The molecular formula is C33H43N9O3. The minimum Gasteiger partial charge on any atom is -0.494 e. The molecule has 2 N–H and O–H groups in total. The van der Waals surface area contributed by atoms with Gasteiger partial charge in [-0.05, 0) is 63.7 Å². The minimum absolute atomic E-state index is 0.00435. The lowest BCUT2D eigenvalue weighted by atomic mass is 10.0. The van der Waals surface area contributed by atoms with Gasteiger partial charge in [-0.2, -0.15) is 0 Å². The summed E-state index contributed by atoms with van der Waals surface area (Å²) < 4.78 is 5.85. The molecule has 0 bridgehead atoms. The van der Waals surface area contributed by atoms with E-state index in [2.05, 4.69) is 60.0 Å². The van der Waals surface area contributed by atoms with Crippen molar-refractivity contribution in [2.45, 2.75) is 38.3 Å². The van der Waals surface area contributed by atoms with Crippen molar-refractivity contribution in [2.24, 2.45) is 0 Å². The van der Waals surface area contributed by atoms with Crippen LogP contribution in [0.5, 0.6) is 5.75 Å². The smallest absolute Gasteiger partial charge is 0.247 e. The van der Waals surface area contributed by atoms with Crippen LogP contribution in [0.2, 0.25) is 0 Å². The molecule has 3 aromatic rings. The summed E-state index contributed by atoms with van der Waals surface area (Å²) in [7, 11) is 3.85. The Morgan fingerprint density at radius 3 is 2.53 bits per heavy atom. The van der Waals surface area contributed by atoms with Crippen LogP contribution >= 0.6 is 0 Å². The fraction of sp³-hybridized carbons (Fsp3) is 0.455. The second kappa shape index (κ2) is 13.8. The van der Waals surface area contributed by atoms with Gasteiger partial charge < -0.3 is 25.2 Å². The number of anilines is 5. The molecule has 45 heavy (non-hydrogen) atoms. The van der Waals surface area contributed by atoms with Gasteiger partial charge in [-0.1, -0.05) is 12.6 Å². The van der Waals surface area contributed by atoms with Gasteiger partial charge in [-0.25, -0.2) is 15.0 Å². The van der Waals surface area contributed by atoms with Crippen LogP contribution in [0.4, 0.5) is 28.7 Å². The number of aryl methyl sites for hydroxylation is 1. The molecule has 5 heterocycles. The van der Waals surface area contributed by atoms with E-state index in [-0.39, 0.29) is 11.9 Å². The van der Waals surface area contributed by atoms with E-state index >= 15 is 0 Å². The number of carbonyl (C=O) groups excluding carboxylic acids is 1. The Morgan fingerprint density at radius 2 is 1.82 bits per heavy atom. The summed E-state index contributed by atoms with van der Waals surface area (Å²) in [6, 6.07) is 10.4. The van der Waals surface area contributed by atoms with E-state index < -0.39 is 0 Å². The summed E-state index contributed by atoms with van der Waals surface area (Å²) in [5.74, 6) is 1.56. The number of hydrogen-bond donors (Lipinski definition) is 2. The average Bonchev–Trinajstić information content (AvgIpc) is 3.56. The van der Waals surface area contributed by atoms with Crippen molar-refractivity contribution in [3.63, 3.8) is 0 Å². The Hall–Kier alpha value is -4.26. The molecule has 0 radical (unpaired) electrons. The van der Waals surface area contributed by atoms with Gasteiger partial charge in [0, 0.05) is 62.7 Å². The molecule has 3 fully saturated rings. The van der Waals surface area contributed by atoms with Crippen LogP contribution in [-0.4, -0.2) is 96.7 Å². The molecule has 1 aromatic carbocycles. The zero-order valence-corrected chi connectivity index (χ0v) is 26.4. The zero-order valence-electron chi connectivity index (χ0n) is 26.4. The second-order valence-corrected chi connectivity index (χ2v) is 11.9. The zero-order chi connectivity index (χ0) is 31.3. The molecule has 1 atom stereocenters. The summed E-state index contributed by atoms with van der Waals surface area (Å²) in [5, 5.41) is 8.22. The Balaban J connectivity index is 1.22. The fourth-order valence-electron chi connectivity index (χ4n) is 6.42. The molecule has 3 aliphatic rings. The molecule has 12 heteroatoms. The van der Waals surface area contributed by atoms with Gasteiger partial charge in [0.25, 0.3) is 0 Å². The first-order valence-electron chi connectivity index (χ1n) is 15.7. The molecule has 1 unspecified atom stereocenters. The summed E-state index contributed by atoms with van der Waals surface area (Å²) in [5.41, 5.74) is 4.30. The van der Waals surface area contributed by atoms with Crippen LogP contribution in [0.3, 0.4) is 0 Å². The van der Waals surface area contributed by atoms with Crippen molar-refractivity contribution in [3.8, 4) is 5.75 Å². The number of piperazine rings is 1. The van der Waals surface area contributed by atoms with Crippen LogP contribution in [0.1, 0.15) is 36.6 Å². The van der Waals surface area contributed by atoms with E-state index in [1.54, 1.807) is 7.11 Å². The molecule has 3 aliphatic heterocycles. The first-order chi connectivity index (χ1) is 21.9. The number of carbonyl (C=O) groups is 1. The lowest BCUT2D eigenvalue weighted by Gasteiger charge is -2.43.